The Hall–Kier alpha value is -1.02. The highest BCUT2D eigenvalue weighted by atomic mass is 16.3. The maximum atomic E-state index is 10.1. The van der Waals surface area contributed by atoms with E-state index in [1.54, 1.807) is 0 Å². The van der Waals surface area contributed by atoms with Crippen LogP contribution in [0.2, 0.25) is 0 Å². The van der Waals surface area contributed by atoms with Crippen LogP contribution in [0.5, 0.6) is 0 Å². The highest BCUT2D eigenvalue weighted by molar-refractivity contribution is 5.59. The zero-order valence-corrected chi connectivity index (χ0v) is 11.2. The fourth-order valence-electron chi connectivity index (χ4n) is 3.56. The molecule has 18 heavy (non-hydrogen) atoms. The van der Waals surface area contributed by atoms with Crippen LogP contribution < -0.4 is 4.90 Å². The molecule has 1 aromatic rings. The third-order valence-corrected chi connectivity index (χ3v) is 4.65. The number of anilines is 1. The van der Waals surface area contributed by atoms with E-state index in [2.05, 4.69) is 36.1 Å². The molecule has 0 aromatic heterocycles. The minimum absolute atomic E-state index is 0.0845. The van der Waals surface area contributed by atoms with E-state index in [0.717, 1.165) is 19.4 Å². The molecule has 1 fully saturated rings. The van der Waals surface area contributed by atoms with Crippen molar-refractivity contribution >= 4 is 5.69 Å². The zero-order chi connectivity index (χ0) is 12.5. The molecule has 0 radical (unpaired) electrons. The summed E-state index contributed by atoms with van der Waals surface area (Å²) in [6.45, 7) is 3.33. The molecule has 3 atom stereocenters. The summed E-state index contributed by atoms with van der Waals surface area (Å²) >= 11 is 0. The van der Waals surface area contributed by atoms with Gasteiger partial charge < -0.3 is 10.0 Å². The van der Waals surface area contributed by atoms with Crippen LogP contribution in [0.3, 0.4) is 0 Å². The lowest BCUT2D eigenvalue weighted by molar-refractivity contribution is 0.0726. The first-order valence-electron chi connectivity index (χ1n) is 7.28. The van der Waals surface area contributed by atoms with Crippen molar-refractivity contribution in [2.45, 2.75) is 51.2 Å². The maximum absolute atomic E-state index is 10.1. The van der Waals surface area contributed by atoms with Gasteiger partial charge in [-0.25, -0.2) is 0 Å². The Morgan fingerprint density at radius 2 is 2.00 bits per heavy atom. The molecule has 1 saturated carbocycles. The van der Waals surface area contributed by atoms with Gasteiger partial charge in [0, 0.05) is 24.2 Å². The lowest BCUT2D eigenvalue weighted by atomic mass is 9.86. The molecule has 3 rings (SSSR count). The van der Waals surface area contributed by atoms with Gasteiger partial charge in [-0.3, -0.25) is 0 Å². The van der Waals surface area contributed by atoms with E-state index >= 15 is 0 Å². The van der Waals surface area contributed by atoms with Crippen molar-refractivity contribution < 1.29 is 5.11 Å². The minimum Gasteiger partial charge on any atom is -0.393 e. The molecule has 2 heteroatoms. The molecule has 0 amide bonds. The summed E-state index contributed by atoms with van der Waals surface area (Å²) in [7, 11) is 0. The number of aliphatic hydroxyl groups is 1. The van der Waals surface area contributed by atoms with Crippen LogP contribution in [0.15, 0.2) is 24.3 Å². The predicted octanol–water partition coefficient (Wildman–Crippen LogP) is 2.99. The Morgan fingerprint density at radius 1 is 1.22 bits per heavy atom. The van der Waals surface area contributed by atoms with E-state index in [4.69, 9.17) is 0 Å². The molecule has 1 N–H and O–H groups in total. The van der Waals surface area contributed by atoms with Crippen molar-refractivity contribution in [2.75, 3.05) is 11.4 Å². The predicted molar refractivity (Wildman–Crippen MR) is 74.9 cm³/mol. The number of rotatable bonds is 2. The topological polar surface area (TPSA) is 23.5 Å². The molecule has 2 nitrogen and oxygen atoms in total. The molecule has 1 aliphatic carbocycles. The van der Waals surface area contributed by atoms with Gasteiger partial charge in [0.1, 0.15) is 0 Å². The Labute approximate surface area is 110 Å². The first-order chi connectivity index (χ1) is 8.75. The van der Waals surface area contributed by atoms with Crippen LogP contribution in [-0.4, -0.2) is 23.8 Å². The smallest absolute Gasteiger partial charge is 0.0585 e. The molecule has 1 aromatic carbocycles. The molecule has 3 unspecified atom stereocenters. The second-order valence-electron chi connectivity index (χ2n) is 5.95. The number of benzene rings is 1. The van der Waals surface area contributed by atoms with Gasteiger partial charge in [0.05, 0.1) is 6.10 Å². The molecule has 98 valence electrons. The molecule has 0 saturated heterocycles. The number of hydrogen-bond acceptors (Lipinski definition) is 2. The number of para-hydroxylation sites is 1. The number of hydrogen-bond donors (Lipinski definition) is 1. The minimum atomic E-state index is -0.0845. The van der Waals surface area contributed by atoms with Crippen LogP contribution in [0.25, 0.3) is 0 Å². The second-order valence-corrected chi connectivity index (χ2v) is 5.95. The van der Waals surface area contributed by atoms with Gasteiger partial charge in [0.2, 0.25) is 0 Å². The second kappa shape index (κ2) is 4.93. The van der Waals surface area contributed by atoms with Gasteiger partial charge in [-0.15, -0.1) is 0 Å². The summed E-state index contributed by atoms with van der Waals surface area (Å²) in [4.78, 5) is 2.51. The first kappa shape index (κ1) is 12.0. The van der Waals surface area contributed by atoms with Gasteiger partial charge in [-0.05, 0) is 37.8 Å². The third kappa shape index (κ3) is 2.14. The largest absolute Gasteiger partial charge is 0.393 e. The molecule has 0 spiro atoms. The lowest BCUT2D eigenvalue weighted by Gasteiger charge is -2.34. The zero-order valence-electron chi connectivity index (χ0n) is 11.2. The van der Waals surface area contributed by atoms with E-state index in [1.807, 2.05) is 0 Å². The average Bonchev–Trinajstić information content (AvgIpc) is 2.69. The van der Waals surface area contributed by atoms with Gasteiger partial charge >= 0.3 is 0 Å². The van der Waals surface area contributed by atoms with E-state index in [-0.39, 0.29) is 6.10 Å². The van der Waals surface area contributed by atoms with Crippen molar-refractivity contribution in [2.24, 2.45) is 5.92 Å². The maximum Gasteiger partial charge on any atom is 0.0585 e. The van der Waals surface area contributed by atoms with E-state index < -0.39 is 0 Å². The molecule has 2 aliphatic rings. The SMILES string of the molecule is CC1Cc2ccccc2N1CC1CCCCC1O. The summed E-state index contributed by atoms with van der Waals surface area (Å²) in [6, 6.07) is 9.31. The Morgan fingerprint density at radius 3 is 2.83 bits per heavy atom. The number of aliphatic hydroxyl groups excluding tert-OH is 1. The summed E-state index contributed by atoms with van der Waals surface area (Å²) in [5, 5.41) is 10.1. The highest BCUT2D eigenvalue weighted by Crippen LogP contribution is 2.34. The van der Waals surface area contributed by atoms with Gasteiger partial charge in [-0.2, -0.15) is 0 Å². The molecular formula is C16H23NO. The van der Waals surface area contributed by atoms with Crippen LogP contribution in [0, 0.1) is 5.92 Å². The summed E-state index contributed by atoms with van der Waals surface area (Å²) < 4.78 is 0. The monoisotopic (exact) mass is 245 g/mol. The van der Waals surface area contributed by atoms with Gasteiger partial charge in [0.15, 0.2) is 0 Å². The van der Waals surface area contributed by atoms with Crippen LogP contribution in [0.1, 0.15) is 38.2 Å². The molecule has 0 bridgehead atoms. The van der Waals surface area contributed by atoms with Crippen LogP contribution in [0.4, 0.5) is 5.69 Å². The summed E-state index contributed by atoms with van der Waals surface area (Å²) in [5.41, 5.74) is 2.86. The summed E-state index contributed by atoms with van der Waals surface area (Å²) in [6.07, 6.45) is 5.73. The van der Waals surface area contributed by atoms with Crippen LogP contribution in [-0.2, 0) is 6.42 Å². The highest BCUT2D eigenvalue weighted by Gasteiger charge is 2.31. The molecular weight excluding hydrogens is 222 g/mol. The number of nitrogens with zero attached hydrogens (tertiary/aromatic N) is 1. The fraction of sp³-hybridized carbons (Fsp3) is 0.625. The molecule has 1 aliphatic heterocycles. The number of fused-ring (bicyclic) bond motifs is 1. The van der Waals surface area contributed by atoms with Gasteiger partial charge in [-0.1, -0.05) is 31.0 Å². The van der Waals surface area contributed by atoms with E-state index in [1.165, 1.54) is 30.5 Å². The van der Waals surface area contributed by atoms with Crippen LogP contribution >= 0.6 is 0 Å². The first-order valence-corrected chi connectivity index (χ1v) is 7.28. The summed E-state index contributed by atoms with van der Waals surface area (Å²) in [5.74, 6) is 0.465. The van der Waals surface area contributed by atoms with Gasteiger partial charge in [0.25, 0.3) is 0 Å². The van der Waals surface area contributed by atoms with Crippen molar-refractivity contribution in [1.29, 1.82) is 0 Å². The average molecular weight is 245 g/mol. The van der Waals surface area contributed by atoms with Crippen molar-refractivity contribution in [3.05, 3.63) is 29.8 Å². The Balaban J connectivity index is 1.76. The Bertz CT molecular complexity index is 417. The normalized spacial score (nSPS) is 31.4. The standard InChI is InChI=1S/C16H23NO/c1-12-10-13-6-2-4-8-15(13)17(12)11-14-7-3-5-9-16(14)18/h2,4,6,8,12,14,16,18H,3,5,7,9-11H2,1H3. The fourth-order valence-corrected chi connectivity index (χ4v) is 3.56. The van der Waals surface area contributed by atoms with Crippen molar-refractivity contribution in [1.82, 2.24) is 0 Å². The van der Waals surface area contributed by atoms with Crippen molar-refractivity contribution in [3.8, 4) is 0 Å². The quantitative estimate of drug-likeness (QED) is 0.866. The van der Waals surface area contributed by atoms with E-state index in [9.17, 15) is 5.11 Å². The lowest BCUT2D eigenvalue weighted by Crippen LogP contribution is -2.39. The Kier molecular flexibility index (Phi) is 3.29. The third-order valence-electron chi connectivity index (χ3n) is 4.65. The van der Waals surface area contributed by atoms with Crippen molar-refractivity contribution in [3.63, 3.8) is 0 Å². The molecule has 1 heterocycles. The van der Waals surface area contributed by atoms with E-state index in [0.29, 0.717) is 12.0 Å².